The fourth-order valence-electron chi connectivity index (χ4n) is 1.67. The van der Waals surface area contributed by atoms with Gasteiger partial charge in [-0.1, -0.05) is 25.1 Å². The van der Waals surface area contributed by atoms with Crippen molar-refractivity contribution in [3.8, 4) is 0 Å². The molecule has 0 aromatic heterocycles. The Morgan fingerprint density at radius 1 is 1.22 bits per heavy atom. The largest absolute Gasteiger partial charge is 0.326 e. The monoisotopic (exact) mass is 245 g/mol. The fourth-order valence-corrected chi connectivity index (χ4v) is 1.67. The lowest BCUT2D eigenvalue weighted by atomic mass is 10.00. The Morgan fingerprint density at radius 3 is 2.33 bits per heavy atom. The molecule has 0 unspecified atom stereocenters. The van der Waals surface area contributed by atoms with Gasteiger partial charge in [-0.3, -0.25) is 9.59 Å². The molecule has 0 radical (unpaired) electrons. The molecule has 0 aliphatic carbocycles. The van der Waals surface area contributed by atoms with Gasteiger partial charge in [0.15, 0.2) is 5.78 Å². The first-order chi connectivity index (χ1) is 8.47. The molecule has 0 saturated heterocycles. The Balaban J connectivity index is 2.58. The maximum atomic E-state index is 10.9. The van der Waals surface area contributed by atoms with Gasteiger partial charge in [0.2, 0.25) is 5.91 Å². The second kappa shape index (κ2) is 6.74. The quantitative estimate of drug-likeness (QED) is 0.811. The molecule has 0 aliphatic rings. The van der Waals surface area contributed by atoms with E-state index in [4.69, 9.17) is 0 Å². The number of anilines is 1. The van der Waals surface area contributed by atoms with Gasteiger partial charge in [0.1, 0.15) is 0 Å². The summed E-state index contributed by atoms with van der Waals surface area (Å²) in [5.74, 6) is 0.323. The molecule has 1 atom stereocenters. The predicted octanol–water partition coefficient (Wildman–Crippen LogP) is 2.97. The first kappa shape index (κ1) is 14.2. The number of hydrogen-bond donors (Lipinski definition) is 1. The van der Waals surface area contributed by atoms with E-state index in [-0.39, 0.29) is 11.7 Å². The smallest absolute Gasteiger partial charge is 0.221 e. The van der Waals surface area contributed by atoms with Crippen molar-refractivity contribution in [1.29, 1.82) is 0 Å². The molecule has 0 aliphatic heterocycles. The molecule has 1 rings (SSSR count). The summed E-state index contributed by atoms with van der Waals surface area (Å²) in [6.07, 6.45) is 4.41. The minimum Gasteiger partial charge on any atom is -0.326 e. The van der Waals surface area contributed by atoms with E-state index in [2.05, 4.69) is 12.2 Å². The SMILES string of the molecule is CC(=O)/C=C/[C@@H](C)Cc1ccc(NC(C)=O)cc1. The van der Waals surface area contributed by atoms with Crippen LogP contribution in [0, 0.1) is 5.92 Å². The van der Waals surface area contributed by atoms with Gasteiger partial charge in [-0.15, -0.1) is 0 Å². The summed E-state index contributed by atoms with van der Waals surface area (Å²) in [5.41, 5.74) is 1.99. The van der Waals surface area contributed by atoms with Crippen LogP contribution in [-0.2, 0) is 16.0 Å². The normalized spacial score (nSPS) is 12.4. The summed E-state index contributed by atoms with van der Waals surface area (Å²) in [6.45, 7) is 5.11. The van der Waals surface area contributed by atoms with Gasteiger partial charge >= 0.3 is 0 Å². The second-order valence-electron chi connectivity index (χ2n) is 4.53. The Kier molecular flexibility index (Phi) is 5.31. The maximum Gasteiger partial charge on any atom is 0.221 e. The van der Waals surface area contributed by atoms with E-state index in [0.717, 1.165) is 12.1 Å². The van der Waals surface area contributed by atoms with Crippen LogP contribution >= 0.6 is 0 Å². The highest BCUT2D eigenvalue weighted by Gasteiger charge is 2.01. The predicted molar refractivity (Wildman–Crippen MR) is 73.4 cm³/mol. The third-order valence-electron chi connectivity index (χ3n) is 2.49. The molecular formula is C15H19NO2. The van der Waals surface area contributed by atoms with Crippen molar-refractivity contribution in [3.63, 3.8) is 0 Å². The highest BCUT2D eigenvalue weighted by Crippen LogP contribution is 2.14. The van der Waals surface area contributed by atoms with E-state index in [0.29, 0.717) is 5.92 Å². The van der Waals surface area contributed by atoms with Crippen molar-refractivity contribution in [2.45, 2.75) is 27.2 Å². The van der Waals surface area contributed by atoms with Crippen LogP contribution < -0.4 is 5.32 Å². The molecule has 1 amide bonds. The molecule has 96 valence electrons. The maximum absolute atomic E-state index is 10.9. The molecule has 0 fully saturated rings. The van der Waals surface area contributed by atoms with E-state index in [9.17, 15) is 9.59 Å². The van der Waals surface area contributed by atoms with Gasteiger partial charge in [-0.05, 0) is 43.0 Å². The summed E-state index contributed by atoms with van der Waals surface area (Å²) in [7, 11) is 0. The number of nitrogens with one attached hydrogen (secondary N) is 1. The highest BCUT2D eigenvalue weighted by molar-refractivity contribution is 5.88. The summed E-state index contributed by atoms with van der Waals surface area (Å²) >= 11 is 0. The van der Waals surface area contributed by atoms with E-state index in [1.807, 2.05) is 30.3 Å². The molecule has 0 saturated carbocycles. The lowest BCUT2D eigenvalue weighted by molar-refractivity contribution is -0.114. The average molecular weight is 245 g/mol. The van der Waals surface area contributed by atoms with Crippen molar-refractivity contribution >= 4 is 17.4 Å². The summed E-state index contributed by atoms with van der Waals surface area (Å²) in [4.78, 5) is 21.7. The number of hydrogen-bond acceptors (Lipinski definition) is 2. The van der Waals surface area contributed by atoms with Crippen LogP contribution in [-0.4, -0.2) is 11.7 Å². The van der Waals surface area contributed by atoms with Crippen LogP contribution in [0.2, 0.25) is 0 Å². The molecule has 1 aromatic rings. The summed E-state index contributed by atoms with van der Waals surface area (Å²) in [5, 5.41) is 2.73. The third kappa shape index (κ3) is 5.43. The van der Waals surface area contributed by atoms with Crippen LogP contribution in [0.3, 0.4) is 0 Å². The topological polar surface area (TPSA) is 46.2 Å². The van der Waals surface area contributed by atoms with Gasteiger partial charge in [-0.2, -0.15) is 0 Å². The second-order valence-corrected chi connectivity index (χ2v) is 4.53. The summed E-state index contributed by atoms with van der Waals surface area (Å²) < 4.78 is 0. The zero-order valence-electron chi connectivity index (χ0n) is 11.1. The number of rotatable bonds is 5. The number of amides is 1. The lowest BCUT2D eigenvalue weighted by Crippen LogP contribution is -2.05. The van der Waals surface area contributed by atoms with Crippen LogP contribution in [0.1, 0.15) is 26.3 Å². The van der Waals surface area contributed by atoms with Crippen molar-refractivity contribution < 1.29 is 9.59 Å². The van der Waals surface area contributed by atoms with Gasteiger partial charge in [0, 0.05) is 12.6 Å². The van der Waals surface area contributed by atoms with Crippen LogP contribution in [0.15, 0.2) is 36.4 Å². The van der Waals surface area contributed by atoms with Crippen LogP contribution in [0.4, 0.5) is 5.69 Å². The van der Waals surface area contributed by atoms with E-state index in [1.54, 1.807) is 13.0 Å². The van der Waals surface area contributed by atoms with Crippen LogP contribution in [0.5, 0.6) is 0 Å². The number of carbonyl (C=O) groups excluding carboxylic acids is 2. The Labute approximate surface area is 108 Å². The van der Waals surface area contributed by atoms with E-state index < -0.39 is 0 Å². The number of allylic oxidation sites excluding steroid dienone is 2. The fraction of sp³-hybridized carbons (Fsp3) is 0.333. The molecule has 0 heterocycles. The first-order valence-corrected chi connectivity index (χ1v) is 6.02. The molecule has 18 heavy (non-hydrogen) atoms. The van der Waals surface area contributed by atoms with Crippen molar-refractivity contribution in [3.05, 3.63) is 42.0 Å². The molecule has 1 N–H and O–H groups in total. The molecule has 1 aromatic carbocycles. The van der Waals surface area contributed by atoms with Crippen molar-refractivity contribution in [1.82, 2.24) is 0 Å². The molecule has 3 nitrogen and oxygen atoms in total. The number of carbonyl (C=O) groups is 2. The lowest BCUT2D eigenvalue weighted by Gasteiger charge is -2.07. The van der Waals surface area contributed by atoms with Gasteiger partial charge in [0.05, 0.1) is 0 Å². The number of ketones is 1. The molecule has 0 spiro atoms. The average Bonchev–Trinajstić information content (AvgIpc) is 2.28. The zero-order chi connectivity index (χ0) is 13.5. The highest BCUT2D eigenvalue weighted by atomic mass is 16.1. The molecule has 3 heteroatoms. The first-order valence-electron chi connectivity index (χ1n) is 6.02. The molecule has 0 bridgehead atoms. The van der Waals surface area contributed by atoms with Gasteiger partial charge < -0.3 is 5.32 Å². The Bertz CT molecular complexity index is 446. The van der Waals surface area contributed by atoms with E-state index >= 15 is 0 Å². The van der Waals surface area contributed by atoms with Gasteiger partial charge in [-0.25, -0.2) is 0 Å². The van der Waals surface area contributed by atoms with Crippen molar-refractivity contribution in [2.75, 3.05) is 5.32 Å². The van der Waals surface area contributed by atoms with Crippen molar-refractivity contribution in [2.24, 2.45) is 5.92 Å². The minimum absolute atomic E-state index is 0.0690. The van der Waals surface area contributed by atoms with Gasteiger partial charge in [0.25, 0.3) is 0 Å². The van der Waals surface area contributed by atoms with E-state index in [1.165, 1.54) is 12.5 Å². The summed E-state index contributed by atoms with van der Waals surface area (Å²) in [6, 6.07) is 7.75. The Hall–Kier alpha value is -1.90. The standard InChI is InChI=1S/C15H19NO2/c1-11(4-5-12(2)17)10-14-6-8-15(9-7-14)16-13(3)18/h4-9,11H,10H2,1-3H3,(H,16,18)/b5-4+/t11-/m1/s1. The molecular weight excluding hydrogens is 226 g/mol. The number of benzene rings is 1. The third-order valence-corrected chi connectivity index (χ3v) is 2.49. The van der Waals surface area contributed by atoms with Crippen LogP contribution in [0.25, 0.3) is 0 Å². The minimum atomic E-state index is -0.0690. The zero-order valence-corrected chi connectivity index (χ0v) is 11.1. The Morgan fingerprint density at radius 2 is 1.83 bits per heavy atom.